The number of nitrogens with zero attached hydrogens (tertiary/aromatic N) is 2. The lowest BCUT2D eigenvalue weighted by atomic mass is 10.0. The first-order valence-corrected chi connectivity index (χ1v) is 7.95. The molecule has 0 spiro atoms. The second-order valence-corrected chi connectivity index (χ2v) is 6.25. The van der Waals surface area contributed by atoms with Gasteiger partial charge in [0, 0.05) is 25.7 Å². The predicted octanol–water partition coefficient (Wildman–Crippen LogP) is 2.99. The maximum absolute atomic E-state index is 12.4. The molecule has 0 aliphatic heterocycles. The van der Waals surface area contributed by atoms with Crippen LogP contribution in [-0.2, 0) is 18.4 Å². The molecule has 1 aliphatic rings. The third-order valence-electron chi connectivity index (χ3n) is 4.61. The minimum absolute atomic E-state index is 0.0918. The highest BCUT2D eigenvalue weighted by Crippen LogP contribution is 2.47. The summed E-state index contributed by atoms with van der Waals surface area (Å²) in [6.45, 7) is 0.580. The number of fused-ring (bicyclic) bond motifs is 1. The van der Waals surface area contributed by atoms with Gasteiger partial charge >= 0.3 is 0 Å². The summed E-state index contributed by atoms with van der Waals surface area (Å²) in [5.74, 6) is 0.567. The smallest absolute Gasteiger partial charge is 0.224 e. The Labute approximate surface area is 135 Å². The minimum atomic E-state index is 0.0918. The minimum Gasteiger partial charge on any atom is -0.352 e. The molecule has 0 saturated heterocycles. The molecule has 0 unspecified atom stereocenters. The van der Waals surface area contributed by atoms with Gasteiger partial charge in [-0.15, -0.1) is 0 Å². The van der Waals surface area contributed by atoms with Gasteiger partial charge in [-0.1, -0.05) is 42.5 Å². The molecular formula is C19H19N3O. The van der Waals surface area contributed by atoms with Gasteiger partial charge in [0.05, 0.1) is 6.20 Å². The Morgan fingerprint density at radius 2 is 2.09 bits per heavy atom. The van der Waals surface area contributed by atoms with E-state index in [4.69, 9.17) is 0 Å². The van der Waals surface area contributed by atoms with Gasteiger partial charge in [0.2, 0.25) is 5.91 Å². The van der Waals surface area contributed by atoms with Crippen molar-refractivity contribution in [1.82, 2.24) is 15.1 Å². The van der Waals surface area contributed by atoms with E-state index < -0.39 is 0 Å². The van der Waals surface area contributed by atoms with Crippen molar-refractivity contribution in [3.63, 3.8) is 0 Å². The fourth-order valence-electron chi connectivity index (χ4n) is 3.24. The van der Waals surface area contributed by atoms with Crippen molar-refractivity contribution >= 4 is 16.7 Å². The molecule has 0 radical (unpaired) electrons. The van der Waals surface area contributed by atoms with Crippen molar-refractivity contribution in [3.05, 3.63) is 66.0 Å². The van der Waals surface area contributed by atoms with Crippen LogP contribution in [0.25, 0.3) is 10.8 Å². The Balaban J connectivity index is 1.42. The topological polar surface area (TPSA) is 46.9 Å². The molecule has 1 heterocycles. The summed E-state index contributed by atoms with van der Waals surface area (Å²) in [6, 6.07) is 14.5. The van der Waals surface area contributed by atoms with Crippen LogP contribution in [0.2, 0.25) is 0 Å². The number of aromatic nitrogens is 2. The Bertz CT molecular complexity index is 862. The summed E-state index contributed by atoms with van der Waals surface area (Å²) in [5, 5.41) is 9.69. The van der Waals surface area contributed by atoms with Crippen LogP contribution in [0.1, 0.15) is 23.5 Å². The number of carbonyl (C=O) groups excluding carboxylic acids is 1. The number of hydrogen-bond acceptors (Lipinski definition) is 2. The van der Waals surface area contributed by atoms with E-state index in [2.05, 4.69) is 34.7 Å². The van der Waals surface area contributed by atoms with Gasteiger partial charge in [-0.2, -0.15) is 5.10 Å². The van der Waals surface area contributed by atoms with Gasteiger partial charge < -0.3 is 5.32 Å². The Morgan fingerprint density at radius 1 is 1.26 bits per heavy atom. The SMILES string of the molecule is Cn1cc([C@H]2C[C@@H]2C(=O)NCc2cccc3ccccc23)cn1. The highest BCUT2D eigenvalue weighted by Gasteiger charge is 2.44. The molecule has 23 heavy (non-hydrogen) atoms. The highest BCUT2D eigenvalue weighted by molar-refractivity contribution is 5.87. The van der Waals surface area contributed by atoms with Crippen LogP contribution in [0.15, 0.2) is 54.9 Å². The molecule has 3 aromatic rings. The summed E-state index contributed by atoms with van der Waals surface area (Å²) >= 11 is 0. The lowest BCUT2D eigenvalue weighted by Crippen LogP contribution is -2.24. The van der Waals surface area contributed by atoms with Crippen molar-refractivity contribution in [1.29, 1.82) is 0 Å². The van der Waals surface area contributed by atoms with Crippen LogP contribution in [0, 0.1) is 5.92 Å². The molecule has 2 atom stereocenters. The molecule has 4 nitrogen and oxygen atoms in total. The molecule has 2 aromatic carbocycles. The Morgan fingerprint density at radius 3 is 2.91 bits per heavy atom. The first-order valence-electron chi connectivity index (χ1n) is 7.95. The van der Waals surface area contributed by atoms with Crippen molar-refractivity contribution in [3.8, 4) is 0 Å². The van der Waals surface area contributed by atoms with E-state index in [0.29, 0.717) is 12.5 Å². The fourth-order valence-corrected chi connectivity index (χ4v) is 3.24. The third kappa shape index (κ3) is 2.72. The van der Waals surface area contributed by atoms with Crippen LogP contribution < -0.4 is 5.32 Å². The molecule has 4 heteroatoms. The molecule has 0 bridgehead atoms. The third-order valence-corrected chi connectivity index (χ3v) is 4.61. The summed E-state index contributed by atoms with van der Waals surface area (Å²) < 4.78 is 1.79. The maximum atomic E-state index is 12.4. The number of nitrogens with one attached hydrogen (secondary N) is 1. The summed E-state index contributed by atoms with van der Waals surface area (Å²) in [4.78, 5) is 12.4. The van der Waals surface area contributed by atoms with Crippen LogP contribution in [0.5, 0.6) is 0 Å². The zero-order valence-electron chi connectivity index (χ0n) is 13.1. The average molecular weight is 305 g/mol. The highest BCUT2D eigenvalue weighted by atomic mass is 16.2. The number of benzene rings is 2. The van der Waals surface area contributed by atoms with E-state index in [1.807, 2.05) is 37.6 Å². The molecular weight excluding hydrogens is 286 g/mol. The van der Waals surface area contributed by atoms with E-state index in [-0.39, 0.29) is 11.8 Å². The van der Waals surface area contributed by atoms with Gasteiger partial charge in [-0.25, -0.2) is 0 Å². The van der Waals surface area contributed by atoms with Gasteiger partial charge in [-0.05, 0) is 34.2 Å². The number of aryl methyl sites for hydroxylation is 1. The van der Waals surface area contributed by atoms with Crippen LogP contribution >= 0.6 is 0 Å². The normalized spacial score (nSPS) is 19.7. The van der Waals surface area contributed by atoms with E-state index in [1.165, 1.54) is 10.8 Å². The lowest BCUT2D eigenvalue weighted by molar-refractivity contribution is -0.122. The molecule has 116 valence electrons. The van der Waals surface area contributed by atoms with Crippen LogP contribution in [-0.4, -0.2) is 15.7 Å². The second-order valence-electron chi connectivity index (χ2n) is 6.25. The number of rotatable bonds is 4. The molecule has 1 fully saturated rings. The first kappa shape index (κ1) is 14.0. The monoisotopic (exact) mass is 305 g/mol. The Hall–Kier alpha value is -2.62. The van der Waals surface area contributed by atoms with Gasteiger partial charge in [0.25, 0.3) is 0 Å². The van der Waals surface area contributed by atoms with E-state index in [1.54, 1.807) is 4.68 Å². The van der Waals surface area contributed by atoms with E-state index >= 15 is 0 Å². The first-order chi connectivity index (χ1) is 11.2. The molecule has 1 aromatic heterocycles. The van der Waals surface area contributed by atoms with Crippen molar-refractivity contribution in [2.45, 2.75) is 18.9 Å². The number of amides is 1. The van der Waals surface area contributed by atoms with E-state index in [9.17, 15) is 4.79 Å². The van der Waals surface area contributed by atoms with Gasteiger partial charge in [-0.3, -0.25) is 9.48 Å². The number of carbonyl (C=O) groups is 1. The molecule has 4 rings (SSSR count). The summed E-state index contributed by atoms with van der Waals surface area (Å²) in [5.41, 5.74) is 2.33. The van der Waals surface area contributed by atoms with Crippen molar-refractivity contribution in [2.75, 3.05) is 0 Å². The molecule has 1 aliphatic carbocycles. The zero-order chi connectivity index (χ0) is 15.8. The summed E-state index contributed by atoms with van der Waals surface area (Å²) in [7, 11) is 1.90. The standard InChI is InChI=1S/C19H19N3O/c1-22-12-15(11-21-22)17-9-18(17)19(23)20-10-14-7-4-6-13-5-2-3-8-16(13)14/h2-8,11-12,17-18H,9-10H2,1H3,(H,20,23)/t17-,18+/m1/s1. The summed E-state index contributed by atoms with van der Waals surface area (Å²) in [6.07, 6.45) is 4.79. The zero-order valence-corrected chi connectivity index (χ0v) is 13.1. The van der Waals surface area contributed by atoms with Gasteiger partial charge in [0.1, 0.15) is 0 Å². The van der Waals surface area contributed by atoms with Crippen LogP contribution in [0.4, 0.5) is 0 Å². The van der Waals surface area contributed by atoms with Crippen LogP contribution in [0.3, 0.4) is 0 Å². The van der Waals surface area contributed by atoms with Crippen molar-refractivity contribution < 1.29 is 4.79 Å². The lowest BCUT2D eigenvalue weighted by Gasteiger charge is -2.08. The second kappa shape index (κ2) is 5.54. The quantitative estimate of drug-likeness (QED) is 0.805. The van der Waals surface area contributed by atoms with Gasteiger partial charge in [0.15, 0.2) is 0 Å². The average Bonchev–Trinajstić information content (AvgIpc) is 3.27. The largest absolute Gasteiger partial charge is 0.352 e. The number of hydrogen-bond donors (Lipinski definition) is 1. The predicted molar refractivity (Wildman–Crippen MR) is 89.9 cm³/mol. The van der Waals surface area contributed by atoms with E-state index in [0.717, 1.165) is 17.5 Å². The molecule has 1 saturated carbocycles. The molecule has 1 N–H and O–H groups in total. The van der Waals surface area contributed by atoms with Crippen molar-refractivity contribution in [2.24, 2.45) is 13.0 Å². The Kier molecular flexibility index (Phi) is 3.37. The maximum Gasteiger partial charge on any atom is 0.224 e. The fraction of sp³-hybridized carbons (Fsp3) is 0.263. The molecule has 1 amide bonds.